The van der Waals surface area contributed by atoms with Crippen molar-refractivity contribution in [1.29, 1.82) is 0 Å². The zero-order valence-corrected chi connectivity index (χ0v) is 18.7. The summed E-state index contributed by atoms with van der Waals surface area (Å²) in [5.41, 5.74) is 1.21. The van der Waals surface area contributed by atoms with Gasteiger partial charge in [0, 0.05) is 51.0 Å². The summed E-state index contributed by atoms with van der Waals surface area (Å²) in [6.45, 7) is 3.20. The fourth-order valence-corrected chi connectivity index (χ4v) is 3.31. The largest absolute Gasteiger partial charge is 0.381 e. The van der Waals surface area contributed by atoms with Crippen LogP contribution in [-0.2, 0) is 11.3 Å². The molecule has 0 aromatic heterocycles. The van der Waals surface area contributed by atoms with Crippen LogP contribution in [0.25, 0.3) is 0 Å². The highest BCUT2D eigenvalue weighted by Crippen LogP contribution is 2.25. The number of nitrogens with one attached hydrogen (secondary N) is 1. The first-order valence-electron chi connectivity index (χ1n) is 8.39. The summed E-state index contributed by atoms with van der Waals surface area (Å²) in [6.07, 6.45) is 2.05. The second-order valence-corrected chi connectivity index (χ2v) is 6.99. The fraction of sp³-hybridized carbons (Fsp3) is 0.611. The summed E-state index contributed by atoms with van der Waals surface area (Å²) in [4.78, 5) is 8.84. The Hall–Kier alpha value is -0.570. The van der Waals surface area contributed by atoms with Gasteiger partial charge in [-0.15, -0.1) is 24.0 Å². The third-order valence-corrected chi connectivity index (χ3v) is 5.26. The maximum absolute atomic E-state index is 6.27. The first kappa shape index (κ1) is 22.5. The number of likely N-dealkylation sites (N-methyl/N-ethyl adjacent to an activating group) is 1. The standard InChI is InChI=1S/C18H29ClN4O.HI/c1-20-17(23(4)13-15-7-5-6-8-16(15)19)21-14-18(22(2)3)9-11-24-12-10-18;/h5-8H,9-14H2,1-4H3,(H,20,21);1H. The van der Waals surface area contributed by atoms with E-state index in [1.807, 2.05) is 38.4 Å². The zero-order chi connectivity index (χ0) is 17.6. The van der Waals surface area contributed by atoms with Gasteiger partial charge in [-0.3, -0.25) is 4.99 Å². The van der Waals surface area contributed by atoms with E-state index in [-0.39, 0.29) is 29.5 Å². The molecule has 1 aromatic carbocycles. The van der Waals surface area contributed by atoms with Crippen LogP contribution < -0.4 is 5.32 Å². The Morgan fingerprint density at radius 3 is 2.44 bits per heavy atom. The van der Waals surface area contributed by atoms with E-state index >= 15 is 0 Å². The smallest absolute Gasteiger partial charge is 0.193 e. The number of hydrogen-bond acceptors (Lipinski definition) is 3. The van der Waals surface area contributed by atoms with Crippen LogP contribution in [-0.4, -0.2) is 69.2 Å². The van der Waals surface area contributed by atoms with Crippen molar-refractivity contribution in [3.05, 3.63) is 34.9 Å². The molecule has 0 saturated carbocycles. The van der Waals surface area contributed by atoms with Gasteiger partial charge >= 0.3 is 0 Å². The molecule has 2 rings (SSSR count). The van der Waals surface area contributed by atoms with E-state index in [9.17, 15) is 0 Å². The van der Waals surface area contributed by atoms with Gasteiger partial charge in [-0.1, -0.05) is 29.8 Å². The lowest BCUT2D eigenvalue weighted by molar-refractivity contribution is -0.00522. The molecule has 0 bridgehead atoms. The highest BCUT2D eigenvalue weighted by atomic mass is 127. The van der Waals surface area contributed by atoms with Crippen LogP contribution in [0.4, 0.5) is 0 Å². The molecule has 0 aliphatic carbocycles. The van der Waals surface area contributed by atoms with E-state index < -0.39 is 0 Å². The number of benzene rings is 1. The van der Waals surface area contributed by atoms with Crippen LogP contribution in [0, 0.1) is 0 Å². The predicted molar refractivity (Wildman–Crippen MR) is 116 cm³/mol. The molecule has 0 amide bonds. The Labute approximate surface area is 173 Å². The molecule has 7 heteroatoms. The molecule has 0 atom stereocenters. The molecule has 1 N–H and O–H groups in total. The van der Waals surface area contributed by atoms with E-state index in [2.05, 4.69) is 34.2 Å². The first-order valence-corrected chi connectivity index (χ1v) is 8.77. The maximum Gasteiger partial charge on any atom is 0.193 e. The third-order valence-electron chi connectivity index (χ3n) is 4.89. The molecule has 1 aromatic rings. The van der Waals surface area contributed by atoms with Gasteiger partial charge < -0.3 is 19.9 Å². The van der Waals surface area contributed by atoms with E-state index in [1.165, 1.54) is 0 Å². The monoisotopic (exact) mass is 480 g/mol. The molecule has 1 heterocycles. The van der Waals surface area contributed by atoms with Crippen LogP contribution in [0.15, 0.2) is 29.3 Å². The van der Waals surface area contributed by atoms with E-state index in [1.54, 1.807) is 0 Å². The maximum atomic E-state index is 6.27. The minimum absolute atomic E-state index is 0. The Kier molecular flexibility index (Phi) is 9.48. The molecule has 5 nitrogen and oxygen atoms in total. The number of hydrogen-bond donors (Lipinski definition) is 1. The van der Waals surface area contributed by atoms with Crippen molar-refractivity contribution in [3.63, 3.8) is 0 Å². The first-order chi connectivity index (χ1) is 11.5. The number of halogens is 2. The number of ether oxygens (including phenoxy) is 1. The Morgan fingerprint density at radius 2 is 1.88 bits per heavy atom. The summed E-state index contributed by atoms with van der Waals surface area (Å²) >= 11 is 6.27. The van der Waals surface area contributed by atoms with Crippen LogP contribution >= 0.6 is 35.6 Å². The number of rotatable bonds is 5. The number of nitrogens with zero attached hydrogens (tertiary/aromatic N) is 3. The molecule has 1 aliphatic rings. The van der Waals surface area contributed by atoms with Gasteiger partial charge in [0.25, 0.3) is 0 Å². The second kappa shape index (κ2) is 10.5. The molecule has 25 heavy (non-hydrogen) atoms. The fourth-order valence-electron chi connectivity index (χ4n) is 3.12. The van der Waals surface area contributed by atoms with Crippen molar-refractivity contribution in [2.24, 2.45) is 4.99 Å². The SMILES string of the molecule is CN=C(NCC1(N(C)C)CCOCC1)N(C)Cc1ccccc1Cl.I. The molecule has 0 radical (unpaired) electrons. The molecule has 142 valence electrons. The van der Waals surface area contributed by atoms with Gasteiger partial charge in [0.2, 0.25) is 0 Å². The zero-order valence-electron chi connectivity index (χ0n) is 15.6. The summed E-state index contributed by atoms with van der Waals surface area (Å²) in [5.74, 6) is 0.877. The highest BCUT2D eigenvalue weighted by molar-refractivity contribution is 14.0. The van der Waals surface area contributed by atoms with Gasteiger partial charge in [-0.05, 0) is 38.6 Å². The highest BCUT2D eigenvalue weighted by Gasteiger charge is 2.35. The lowest BCUT2D eigenvalue weighted by Gasteiger charge is -2.43. The second-order valence-electron chi connectivity index (χ2n) is 6.58. The minimum Gasteiger partial charge on any atom is -0.381 e. The molecule has 1 fully saturated rings. The van der Waals surface area contributed by atoms with Crippen LogP contribution in [0.5, 0.6) is 0 Å². The normalized spacial score (nSPS) is 17.1. The predicted octanol–water partition coefficient (Wildman–Crippen LogP) is 3.08. The molecular weight excluding hydrogens is 451 g/mol. The summed E-state index contributed by atoms with van der Waals surface area (Å²) in [5, 5.41) is 4.32. The average molecular weight is 481 g/mol. The Morgan fingerprint density at radius 1 is 1.24 bits per heavy atom. The molecule has 1 aliphatic heterocycles. The van der Waals surface area contributed by atoms with Crippen molar-refractivity contribution in [3.8, 4) is 0 Å². The van der Waals surface area contributed by atoms with Crippen LogP contribution in [0.1, 0.15) is 18.4 Å². The Bertz CT molecular complexity index is 562. The van der Waals surface area contributed by atoms with E-state index in [0.29, 0.717) is 0 Å². The van der Waals surface area contributed by atoms with Gasteiger partial charge in [-0.25, -0.2) is 0 Å². The number of guanidine groups is 1. The van der Waals surface area contributed by atoms with Crippen LogP contribution in [0.3, 0.4) is 0 Å². The van der Waals surface area contributed by atoms with Crippen molar-refractivity contribution < 1.29 is 4.74 Å². The van der Waals surface area contributed by atoms with Crippen molar-refractivity contribution in [2.45, 2.75) is 24.9 Å². The summed E-state index contributed by atoms with van der Waals surface area (Å²) < 4.78 is 5.54. The lowest BCUT2D eigenvalue weighted by atomic mass is 9.88. The van der Waals surface area contributed by atoms with Crippen molar-refractivity contribution in [1.82, 2.24) is 15.1 Å². The number of aliphatic imine (C=N–C) groups is 1. The average Bonchev–Trinajstić information content (AvgIpc) is 2.58. The van der Waals surface area contributed by atoms with Gasteiger partial charge in [0.1, 0.15) is 0 Å². The van der Waals surface area contributed by atoms with Crippen LogP contribution in [0.2, 0.25) is 5.02 Å². The van der Waals surface area contributed by atoms with Gasteiger partial charge in [0.15, 0.2) is 5.96 Å². The van der Waals surface area contributed by atoms with E-state index in [0.717, 1.165) is 55.7 Å². The van der Waals surface area contributed by atoms with E-state index in [4.69, 9.17) is 16.3 Å². The molecular formula is C18H30ClIN4O. The minimum atomic E-state index is 0. The van der Waals surface area contributed by atoms with Gasteiger partial charge in [-0.2, -0.15) is 0 Å². The lowest BCUT2D eigenvalue weighted by Crippen LogP contribution is -2.57. The van der Waals surface area contributed by atoms with Gasteiger partial charge in [0.05, 0.1) is 0 Å². The van der Waals surface area contributed by atoms with Crippen molar-refractivity contribution in [2.75, 3.05) is 47.9 Å². The molecule has 0 spiro atoms. The topological polar surface area (TPSA) is 40.1 Å². The molecule has 1 saturated heterocycles. The van der Waals surface area contributed by atoms with Crippen molar-refractivity contribution >= 4 is 41.5 Å². The Balaban J connectivity index is 0.00000312. The third kappa shape index (κ3) is 5.98. The molecule has 0 unspecified atom stereocenters. The summed E-state index contributed by atoms with van der Waals surface area (Å²) in [6, 6.07) is 7.93. The quantitative estimate of drug-likeness (QED) is 0.399. The summed E-state index contributed by atoms with van der Waals surface area (Å²) in [7, 11) is 8.13.